The standard InChI is InChI=1S/C20H19N3O3/c24-19-18(12-14-13-21-17-9-5-4-8-16(14)17)22-20(25)23(19)10-11-26-15-6-2-1-3-7-15/h1-9,13,18,21H,10-12H2,(H,22,25)/t18-/m1/s1. The molecular weight excluding hydrogens is 330 g/mol. The highest BCUT2D eigenvalue weighted by Crippen LogP contribution is 2.21. The maximum absolute atomic E-state index is 12.6. The Labute approximate surface area is 150 Å². The molecule has 6 heteroatoms. The maximum Gasteiger partial charge on any atom is 0.324 e. The van der Waals surface area contributed by atoms with E-state index in [2.05, 4.69) is 10.3 Å². The molecule has 3 amide bonds. The SMILES string of the molecule is O=C1N[C@H](Cc2c[nH]c3ccccc23)C(=O)N1CCOc1ccccc1. The number of nitrogens with one attached hydrogen (secondary N) is 2. The van der Waals surface area contributed by atoms with Gasteiger partial charge in [0.15, 0.2) is 0 Å². The van der Waals surface area contributed by atoms with Gasteiger partial charge >= 0.3 is 6.03 Å². The second-order valence-electron chi connectivity index (χ2n) is 6.22. The van der Waals surface area contributed by atoms with Crippen LogP contribution < -0.4 is 10.1 Å². The molecule has 2 N–H and O–H groups in total. The van der Waals surface area contributed by atoms with Gasteiger partial charge in [-0.3, -0.25) is 9.69 Å². The van der Waals surface area contributed by atoms with E-state index < -0.39 is 6.04 Å². The Bertz CT molecular complexity index is 936. The van der Waals surface area contributed by atoms with Crippen molar-refractivity contribution >= 4 is 22.8 Å². The fraction of sp³-hybridized carbons (Fsp3) is 0.200. The van der Waals surface area contributed by atoms with Gasteiger partial charge in [-0.2, -0.15) is 0 Å². The lowest BCUT2D eigenvalue weighted by atomic mass is 10.1. The topological polar surface area (TPSA) is 74.4 Å². The van der Waals surface area contributed by atoms with E-state index in [0.717, 1.165) is 22.2 Å². The average molecular weight is 349 g/mol. The smallest absolute Gasteiger partial charge is 0.324 e. The van der Waals surface area contributed by atoms with Crippen molar-refractivity contribution < 1.29 is 14.3 Å². The number of aromatic nitrogens is 1. The molecule has 3 aromatic rings. The van der Waals surface area contributed by atoms with Gasteiger partial charge in [0, 0.05) is 23.5 Å². The summed E-state index contributed by atoms with van der Waals surface area (Å²) in [7, 11) is 0. The second kappa shape index (κ2) is 6.92. The van der Waals surface area contributed by atoms with Crippen molar-refractivity contribution in [3.63, 3.8) is 0 Å². The number of urea groups is 1. The van der Waals surface area contributed by atoms with Gasteiger partial charge in [-0.15, -0.1) is 0 Å². The third-order valence-electron chi connectivity index (χ3n) is 4.53. The predicted molar refractivity (Wildman–Crippen MR) is 98.0 cm³/mol. The van der Waals surface area contributed by atoms with Gasteiger partial charge in [0.1, 0.15) is 18.4 Å². The first-order valence-electron chi connectivity index (χ1n) is 8.57. The number of rotatable bonds is 6. The lowest BCUT2D eigenvalue weighted by Gasteiger charge is -2.13. The summed E-state index contributed by atoms with van der Waals surface area (Å²) in [5.74, 6) is 0.506. The van der Waals surface area contributed by atoms with Gasteiger partial charge in [-0.25, -0.2) is 4.79 Å². The number of nitrogens with zero attached hydrogens (tertiary/aromatic N) is 1. The number of imide groups is 1. The van der Waals surface area contributed by atoms with Crippen LogP contribution in [0.2, 0.25) is 0 Å². The van der Waals surface area contributed by atoms with E-state index in [0.29, 0.717) is 6.42 Å². The molecular formula is C20H19N3O3. The minimum absolute atomic E-state index is 0.211. The number of hydrogen-bond acceptors (Lipinski definition) is 3. The number of carbonyl (C=O) groups is 2. The van der Waals surface area contributed by atoms with Crippen LogP contribution in [-0.4, -0.2) is 41.0 Å². The van der Waals surface area contributed by atoms with Crippen LogP contribution in [0.5, 0.6) is 5.75 Å². The summed E-state index contributed by atoms with van der Waals surface area (Å²) in [5, 5.41) is 3.84. The summed E-state index contributed by atoms with van der Waals surface area (Å²) >= 11 is 0. The molecule has 4 rings (SSSR count). The summed E-state index contributed by atoms with van der Waals surface area (Å²) in [6.07, 6.45) is 2.36. The van der Waals surface area contributed by atoms with Crippen molar-refractivity contribution in [2.75, 3.05) is 13.2 Å². The molecule has 6 nitrogen and oxygen atoms in total. The van der Waals surface area contributed by atoms with Crippen LogP contribution in [0.15, 0.2) is 60.8 Å². The normalized spacial score (nSPS) is 16.9. The molecule has 0 saturated carbocycles. The van der Waals surface area contributed by atoms with Crippen LogP contribution in [-0.2, 0) is 11.2 Å². The van der Waals surface area contributed by atoms with E-state index in [9.17, 15) is 9.59 Å². The zero-order chi connectivity index (χ0) is 17.9. The van der Waals surface area contributed by atoms with E-state index in [-0.39, 0.29) is 25.1 Å². The number of benzene rings is 2. The number of H-pyrrole nitrogens is 1. The number of hydrogen-bond donors (Lipinski definition) is 2. The third-order valence-corrected chi connectivity index (χ3v) is 4.53. The Kier molecular flexibility index (Phi) is 4.31. The number of para-hydroxylation sites is 2. The van der Waals surface area contributed by atoms with Crippen LogP contribution in [0.1, 0.15) is 5.56 Å². The van der Waals surface area contributed by atoms with Crippen LogP contribution in [0, 0.1) is 0 Å². The average Bonchev–Trinajstić information content (AvgIpc) is 3.19. The van der Waals surface area contributed by atoms with Crippen LogP contribution in [0.3, 0.4) is 0 Å². The number of fused-ring (bicyclic) bond motifs is 1. The van der Waals surface area contributed by atoms with Gasteiger partial charge in [0.25, 0.3) is 5.91 Å². The van der Waals surface area contributed by atoms with Gasteiger partial charge in [0.2, 0.25) is 0 Å². The van der Waals surface area contributed by atoms with Crippen molar-refractivity contribution in [1.82, 2.24) is 15.2 Å². The van der Waals surface area contributed by atoms with Crippen molar-refractivity contribution in [3.8, 4) is 5.75 Å². The third kappa shape index (κ3) is 3.13. The Morgan fingerprint density at radius 2 is 1.77 bits per heavy atom. The highest BCUT2D eigenvalue weighted by Gasteiger charge is 2.37. The summed E-state index contributed by atoms with van der Waals surface area (Å²) in [4.78, 5) is 29.2. The van der Waals surface area contributed by atoms with E-state index >= 15 is 0 Å². The largest absolute Gasteiger partial charge is 0.492 e. The van der Waals surface area contributed by atoms with E-state index in [1.54, 1.807) is 0 Å². The molecule has 1 fully saturated rings. The Morgan fingerprint density at radius 1 is 1.00 bits per heavy atom. The van der Waals surface area contributed by atoms with E-state index in [1.807, 2.05) is 60.8 Å². The number of ether oxygens (including phenoxy) is 1. The Morgan fingerprint density at radius 3 is 2.62 bits per heavy atom. The molecule has 1 aromatic heterocycles. The van der Waals surface area contributed by atoms with Crippen molar-refractivity contribution in [2.24, 2.45) is 0 Å². The molecule has 0 radical (unpaired) electrons. The fourth-order valence-electron chi connectivity index (χ4n) is 3.22. The maximum atomic E-state index is 12.6. The first-order valence-corrected chi connectivity index (χ1v) is 8.57. The molecule has 1 saturated heterocycles. The fourth-order valence-corrected chi connectivity index (χ4v) is 3.22. The Hall–Kier alpha value is -3.28. The summed E-state index contributed by atoms with van der Waals surface area (Å²) in [6, 6.07) is 16.3. The number of aromatic amines is 1. The number of amides is 3. The Balaban J connectivity index is 1.39. The van der Waals surface area contributed by atoms with Crippen molar-refractivity contribution in [2.45, 2.75) is 12.5 Å². The highest BCUT2D eigenvalue weighted by atomic mass is 16.5. The zero-order valence-corrected chi connectivity index (χ0v) is 14.1. The molecule has 1 aliphatic rings. The summed E-state index contributed by atoms with van der Waals surface area (Å²) < 4.78 is 5.58. The lowest BCUT2D eigenvalue weighted by Crippen LogP contribution is -2.35. The molecule has 2 heterocycles. The van der Waals surface area contributed by atoms with Crippen molar-refractivity contribution in [1.29, 1.82) is 0 Å². The minimum atomic E-state index is -0.543. The molecule has 0 spiro atoms. The quantitative estimate of drug-likeness (QED) is 0.672. The molecule has 0 unspecified atom stereocenters. The van der Waals surface area contributed by atoms with Gasteiger partial charge in [0.05, 0.1) is 6.54 Å². The predicted octanol–water partition coefficient (Wildman–Crippen LogP) is 2.71. The zero-order valence-electron chi connectivity index (χ0n) is 14.1. The van der Waals surface area contributed by atoms with Gasteiger partial charge in [-0.05, 0) is 23.8 Å². The first kappa shape index (κ1) is 16.2. The lowest BCUT2D eigenvalue weighted by molar-refractivity contribution is -0.127. The molecule has 1 aliphatic heterocycles. The molecule has 132 valence electrons. The van der Waals surface area contributed by atoms with Crippen molar-refractivity contribution in [3.05, 3.63) is 66.4 Å². The minimum Gasteiger partial charge on any atom is -0.492 e. The molecule has 26 heavy (non-hydrogen) atoms. The van der Waals surface area contributed by atoms with Crippen LogP contribution in [0.25, 0.3) is 10.9 Å². The van der Waals surface area contributed by atoms with E-state index in [4.69, 9.17) is 4.74 Å². The molecule has 2 aromatic carbocycles. The molecule has 0 bridgehead atoms. The van der Waals surface area contributed by atoms with Crippen LogP contribution >= 0.6 is 0 Å². The second-order valence-corrected chi connectivity index (χ2v) is 6.22. The van der Waals surface area contributed by atoms with Gasteiger partial charge in [-0.1, -0.05) is 36.4 Å². The first-order chi connectivity index (χ1) is 12.7. The monoisotopic (exact) mass is 349 g/mol. The molecule has 1 atom stereocenters. The summed E-state index contributed by atoms with van der Waals surface area (Å²) in [5.41, 5.74) is 2.04. The summed E-state index contributed by atoms with van der Waals surface area (Å²) in [6.45, 7) is 0.493. The van der Waals surface area contributed by atoms with Gasteiger partial charge < -0.3 is 15.0 Å². The van der Waals surface area contributed by atoms with E-state index in [1.165, 1.54) is 4.90 Å². The highest BCUT2D eigenvalue weighted by molar-refractivity contribution is 6.04. The van der Waals surface area contributed by atoms with Crippen LogP contribution in [0.4, 0.5) is 4.79 Å². The molecule has 0 aliphatic carbocycles. The number of carbonyl (C=O) groups excluding carboxylic acids is 2.